The second-order valence-electron chi connectivity index (χ2n) is 5.19. The van der Waals surface area contributed by atoms with Gasteiger partial charge in [-0.05, 0) is 43.9 Å². The molecule has 0 spiro atoms. The summed E-state index contributed by atoms with van der Waals surface area (Å²) in [6, 6.07) is 4.41. The summed E-state index contributed by atoms with van der Waals surface area (Å²) < 4.78 is 0. The number of hydrogen-bond acceptors (Lipinski definition) is 3. The molecule has 1 heterocycles. The Bertz CT molecular complexity index is 444. The molecule has 2 N–H and O–H groups in total. The van der Waals surface area contributed by atoms with Gasteiger partial charge in [0.1, 0.15) is 0 Å². The first-order valence-electron chi connectivity index (χ1n) is 6.73. The quantitative estimate of drug-likeness (QED) is 0.884. The number of hydrogen-bond donors (Lipinski definition) is 2. The Hall–Kier alpha value is -1.00. The lowest BCUT2D eigenvalue weighted by Crippen LogP contribution is -2.42. The maximum atomic E-state index is 11.9. The molecule has 1 aliphatic heterocycles. The van der Waals surface area contributed by atoms with E-state index < -0.39 is 0 Å². The van der Waals surface area contributed by atoms with Gasteiger partial charge in [0.05, 0.1) is 6.04 Å². The molecule has 2 rings (SSSR count). The van der Waals surface area contributed by atoms with Crippen LogP contribution < -0.4 is 10.6 Å². The fourth-order valence-electron chi connectivity index (χ4n) is 2.60. The molecule has 1 amide bonds. The first kappa shape index (κ1) is 14.4. The smallest absolute Gasteiger partial charge is 0.238 e. The maximum absolute atomic E-state index is 11.9. The van der Waals surface area contributed by atoms with E-state index in [1.807, 2.05) is 0 Å². The van der Waals surface area contributed by atoms with Gasteiger partial charge in [-0.2, -0.15) is 0 Å². The van der Waals surface area contributed by atoms with E-state index in [0.29, 0.717) is 6.54 Å². The molecule has 1 fully saturated rings. The largest absolute Gasteiger partial charge is 0.354 e. The van der Waals surface area contributed by atoms with E-state index in [9.17, 15) is 4.79 Å². The molecular weight excluding hydrogens is 256 g/mol. The van der Waals surface area contributed by atoms with Crippen molar-refractivity contribution in [3.8, 4) is 0 Å². The normalized spacial score (nSPS) is 18.6. The lowest BCUT2D eigenvalue weighted by molar-refractivity contribution is -0.122. The van der Waals surface area contributed by atoms with Crippen molar-refractivity contribution in [2.45, 2.75) is 33.2 Å². The number of amides is 1. The number of benzene rings is 1. The fourth-order valence-corrected chi connectivity index (χ4v) is 3.54. The van der Waals surface area contributed by atoms with Crippen molar-refractivity contribution in [3.63, 3.8) is 0 Å². The highest BCUT2D eigenvalue weighted by atomic mass is 32.2. The van der Waals surface area contributed by atoms with Crippen LogP contribution in [0, 0.1) is 20.8 Å². The average molecular weight is 278 g/mol. The molecule has 104 valence electrons. The molecule has 1 aromatic rings. The summed E-state index contributed by atoms with van der Waals surface area (Å²) in [6.07, 6.45) is 0.906. The van der Waals surface area contributed by atoms with Crippen molar-refractivity contribution in [2.24, 2.45) is 0 Å². The number of rotatable bonds is 4. The van der Waals surface area contributed by atoms with Crippen molar-refractivity contribution in [3.05, 3.63) is 34.4 Å². The van der Waals surface area contributed by atoms with E-state index in [4.69, 9.17) is 0 Å². The van der Waals surface area contributed by atoms with Crippen LogP contribution in [0.5, 0.6) is 0 Å². The Balaban J connectivity index is 1.87. The monoisotopic (exact) mass is 278 g/mol. The predicted octanol–water partition coefficient (Wildman–Crippen LogP) is 1.93. The summed E-state index contributed by atoms with van der Waals surface area (Å²) in [4.78, 5) is 11.9. The molecule has 4 heteroatoms. The molecule has 0 bridgehead atoms. The minimum absolute atomic E-state index is 0.00906. The van der Waals surface area contributed by atoms with E-state index in [0.717, 1.165) is 18.1 Å². The highest BCUT2D eigenvalue weighted by molar-refractivity contribution is 7.99. The number of aryl methyl sites for hydroxylation is 3. The molecule has 0 radical (unpaired) electrons. The molecule has 1 atom stereocenters. The van der Waals surface area contributed by atoms with Gasteiger partial charge in [-0.15, -0.1) is 11.8 Å². The predicted molar refractivity (Wildman–Crippen MR) is 81.6 cm³/mol. The second kappa shape index (κ2) is 6.44. The Morgan fingerprint density at radius 2 is 2.05 bits per heavy atom. The van der Waals surface area contributed by atoms with E-state index >= 15 is 0 Å². The van der Waals surface area contributed by atoms with Gasteiger partial charge in [-0.3, -0.25) is 10.1 Å². The summed E-state index contributed by atoms with van der Waals surface area (Å²) in [6.45, 7) is 7.13. The van der Waals surface area contributed by atoms with Crippen LogP contribution in [0.25, 0.3) is 0 Å². The van der Waals surface area contributed by atoms with E-state index in [1.54, 1.807) is 11.8 Å². The van der Waals surface area contributed by atoms with Gasteiger partial charge in [0.25, 0.3) is 0 Å². The third-order valence-electron chi connectivity index (χ3n) is 3.55. The number of carbonyl (C=O) groups excluding carboxylic acids is 1. The molecule has 0 aromatic heterocycles. The van der Waals surface area contributed by atoms with Gasteiger partial charge in [0.15, 0.2) is 0 Å². The zero-order valence-corrected chi connectivity index (χ0v) is 12.7. The molecule has 1 unspecified atom stereocenters. The van der Waals surface area contributed by atoms with Gasteiger partial charge >= 0.3 is 0 Å². The number of thioether (sulfide) groups is 1. The Morgan fingerprint density at radius 1 is 1.37 bits per heavy atom. The molecule has 0 aliphatic carbocycles. The topological polar surface area (TPSA) is 41.1 Å². The minimum Gasteiger partial charge on any atom is -0.354 e. The Kier molecular flexibility index (Phi) is 4.88. The van der Waals surface area contributed by atoms with Crippen molar-refractivity contribution in [2.75, 3.05) is 18.2 Å². The third-order valence-corrected chi connectivity index (χ3v) is 4.49. The van der Waals surface area contributed by atoms with Crippen molar-refractivity contribution < 1.29 is 4.79 Å². The van der Waals surface area contributed by atoms with Crippen LogP contribution in [0.4, 0.5) is 0 Å². The van der Waals surface area contributed by atoms with Crippen molar-refractivity contribution in [1.82, 2.24) is 10.6 Å². The molecule has 3 nitrogen and oxygen atoms in total. The van der Waals surface area contributed by atoms with E-state index in [-0.39, 0.29) is 11.9 Å². The lowest BCUT2D eigenvalue weighted by Gasteiger charge is -2.13. The number of nitrogens with one attached hydrogen (secondary N) is 2. The second-order valence-corrected chi connectivity index (χ2v) is 6.22. The average Bonchev–Trinajstić information content (AvgIpc) is 2.85. The first-order valence-corrected chi connectivity index (χ1v) is 7.89. The summed E-state index contributed by atoms with van der Waals surface area (Å²) in [5.41, 5.74) is 5.30. The van der Waals surface area contributed by atoms with E-state index in [2.05, 4.69) is 43.5 Å². The van der Waals surface area contributed by atoms with Gasteiger partial charge in [0, 0.05) is 18.2 Å². The van der Waals surface area contributed by atoms with Gasteiger partial charge in [-0.1, -0.05) is 17.7 Å². The molecule has 1 saturated heterocycles. The Labute approximate surface area is 119 Å². The third kappa shape index (κ3) is 3.74. The number of carbonyl (C=O) groups is 1. The molecular formula is C15H22N2OS. The summed E-state index contributed by atoms with van der Waals surface area (Å²) >= 11 is 1.77. The SMILES string of the molecule is Cc1cc(C)c(CCNC(=O)C2CSCN2)c(C)c1. The zero-order chi connectivity index (χ0) is 13.8. The highest BCUT2D eigenvalue weighted by Crippen LogP contribution is 2.16. The van der Waals surface area contributed by atoms with Crippen molar-refractivity contribution >= 4 is 17.7 Å². The summed E-state index contributed by atoms with van der Waals surface area (Å²) in [7, 11) is 0. The molecule has 1 aromatic carbocycles. The first-order chi connectivity index (χ1) is 9.08. The molecule has 19 heavy (non-hydrogen) atoms. The minimum atomic E-state index is -0.00906. The van der Waals surface area contributed by atoms with Gasteiger partial charge in [-0.25, -0.2) is 0 Å². The van der Waals surface area contributed by atoms with Crippen LogP contribution in [0.2, 0.25) is 0 Å². The standard InChI is InChI=1S/C15H22N2OS/c1-10-6-11(2)13(12(3)7-10)4-5-16-15(18)14-8-19-9-17-14/h6-7,14,17H,4-5,8-9H2,1-3H3,(H,16,18). The van der Waals surface area contributed by atoms with Crippen LogP contribution in [-0.2, 0) is 11.2 Å². The summed E-state index contributed by atoms with van der Waals surface area (Å²) in [5.74, 6) is 1.90. The van der Waals surface area contributed by atoms with Crippen molar-refractivity contribution in [1.29, 1.82) is 0 Å². The highest BCUT2D eigenvalue weighted by Gasteiger charge is 2.21. The lowest BCUT2D eigenvalue weighted by atomic mass is 9.97. The van der Waals surface area contributed by atoms with Crippen LogP contribution in [0.1, 0.15) is 22.3 Å². The van der Waals surface area contributed by atoms with Crippen LogP contribution in [0.3, 0.4) is 0 Å². The van der Waals surface area contributed by atoms with Crippen LogP contribution in [0.15, 0.2) is 12.1 Å². The Morgan fingerprint density at radius 3 is 2.63 bits per heavy atom. The zero-order valence-electron chi connectivity index (χ0n) is 11.9. The van der Waals surface area contributed by atoms with E-state index in [1.165, 1.54) is 22.3 Å². The summed E-state index contributed by atoms with van der Waals surface area (Å²) in [5, 5.41) is 6.21. The van der Waals surface area contributed by atoms with Gasteiger partial charge < -0.3 is 5.32 Å². The van der Waals surface area contributed by atoms with Crippen LogP contribution in [-0.4, -0.2) is 30.1 Å². The molecule has 1 aliphatic rings. The van der Waals surface area contributed by atoms with Crippen LogP contribution >= 0.6 is 11.8 Å². The maximum Gasteiger partial charge on any atom is 0.238 e. The van der Waals surface area contributed by atoms with Gasteiger partial charge in [0.2, 0.25) is 5.91 Å². The fraction of sp³-hybridized carbons (Fsp3) is 0.533. The molecule has 0 saturated carbocycles.